The predicted octanol–water partition coefficient (Wildman–Crippen LogP) is 3.88. The molecule has 0 saturated carbocycles. The molecular formula is C27H26O5PS+. The molecule has 0 radical (unpaired) electrons. The van der Waals surface area contributed by atoms with Crippen LogP contribution in [-0.4, -0.2) is 27.2 Å². The summed E-state index contributed by atoms with van der Waals surface area (Å²) in [4.78, 5) is -0.0867. The van der Waals surface area contributed by atoms with Gasteiger partial charge in [-0.3, -0.25) is 4.55 Å². The molecule has 174 valence electrons. The smallest absolute Gasteiger partial charge is 0.298 e. The van der Waals surface area contributed by atoms with E-state index in [1.54, 1.807) is 14.2 Å². The Hall–Kier alpha value is -3.18. The van der Waals surface area contributed by atoms with Crippen molar-refractivity contribution < 1.29 is 22.4 Å². The maximum atomic E-state index is 12.7. The van der Waals surface area contributed by atoms with Crippen molar-refractivity contribution in [3.63, 3.8) is 0 Å². The van der Waals surface area contributed by atoms with Crippen LogP contribution in [0, 0.1) is 6.92 Å². The van der Waals surface area contributed by atoms with E-state index in [4.69, 9.17) is 9.47 Å². The van der Waals surface area contributed by atoms with Gasteiger partial charge >= 0.3 is 0 Å². The summed E-state index contributed by atoms with van der Waals surface area (Å²) in [7, 11) is -4.07. The summed E-state index contributed by atoms with van der Waals surface area (Å²) in [5.41, 5.74) is 0.743. The van der Waals surface area contributed by atoms with Gasteiger partial charge in [-0.15, -0.1) is 0 Å². The van der Waals surface area contributed by atoms with Crippen molar-refractivity contribution >= 4 is 38.6 Å². The molecule has 34 heavy (non-hydrogen) atoms. The quantitative estimate of drug-likeness (QED) is 0.313. The molecule has 0 spiro atoms. The highest BCUT2D eigenvalue weighted by Crippen LogP contribution is 2.55. The van der Waals surface area contributed by atoms with E-state index in [0.717, 1.165) is 21.5 Å². The molecule has 0 unspecified atom stereocenters. The summed E-state index contributed by atoms with van der Waals surface area (Å²) in [6.45, 7) is 1.81. The van der Waals surface area contributed by atoms with Gasteiger partial charge in [0, 0.05) is 0 Å². The lowest BCUT2D eigenvalue weighted by Gasteiger charge is -2.29. The summed E-state index contributed by atoms with van der Waals surface area (Å²) in [5.74, 6) is 1.40. The molecule has 5 nitrogen and oxygen atoms in total. The topological polar surface area (TPSA) is 72.8 Å². The third-order valence-electron chi connectivity index (χ3n) is 5.82. The molecule has 0 aliphatic carbocycles. The highest BCUT2D eigenvalue weighted by Gasteiger charge is 2.50. The molecule has 1 N–H and O–H groups in total. The monoisotopic (exact) mass is 493 g/mol. The Morgan fingerprint density at radius 2 is 1.15 bits per heavy atom. The number of aryl methyl sites for hydroxylation is 1. The zero-order valence-electron chi connectivity index (χ0n) is 19.2. The minimum absolute atomic E-state index is 0.0867. The maximum absolute atomic E-state index is 12.7. The van der Waals surface area contributed by atoms with Gasteiger partial charge in [0.05, 0.1) is 14.2 Å². The molecule has 7 heteroatoms. The fourth-order valence-corrected chi connectivity index (χ4v) is 9.89. The van der Waals surface area contributed by atoms with E-state index in [0.29, 0.717) is 16.8 Å². The average Bonchev–Trinajstić information content (AvgIpc) is 2.86. The summed E-state index contributed by atoms with van der Waals surface area (Å²) >= 11 is 0. The third kappa shape index (κ3) is 4.32. The number of methoxy groups -OCH3 is 2. The van der Waals surface area contributed by atoms with Gasteiger partial charge in [-0.25, -0.2) is 0 Å². The fourth-order valence-electron chi connectivity index (χ4n) is 4.23. The lowest BCUT2D eigenvalue weighted by molar-refractivity contribution is 0.415. The van der Waals surface area contributed by atoms with Crippen LogP contribution in [0.4, 0.5) is 0 Å². The van der Waals surface area contributed by atoms with Gasteiger partial charge < -0.3 is 9.47 Å². The molecule has 0 aliphatic rings. The zero-order valence-corrected chi connectivity index (χ0v) is 20.9. The van der Waals surface area contributed by atoms with Crippen molar-refractivity contribution in [1.29, 1.82) is 0 Å². The number of ether oxygens (including phenoxy) is 2. The van der Waals surface area contributed by atoms with Crippen molar-refractivity contribution in [1.82, 2.24) is 0 Å². The molecule has 4 rings (SSSR count). The second-order valence-electron chi connectivity index (χ2n) is 7.85. The molecule has 0 fully saturated rings. The molecule has 4 aromatic carbocycles. The molecule has 0 saturated heterocycles. The summed E-state index contributed by atoms with van der Waals surface area (Å²) < 4.78 is 46.4. The normalized spacial score (nSPS) is 11.8. The van der Waals surface area contributed by atoms with Crippen molar-refractivity contribution in [2.24, 2.45) is 0 Å². The molecular weight excluding hydrogens is 467 g/mol. The standard InChI is InChI=1S/C27H25O5PS/c1-20-9-18-26(27(19-20)34(28,29)30)33(23-7-5-4-6-8-23,24-14-10-21(31-2)11-15-24)25-16-12-22(32-3)13-17-25/h4-19H,1-3H3/p+1. The van der Waals surface area contributed by atoms with Gasteiger partial charge in [-0.2, -0.15) is 8.42 Å². The van der Waals surface area contributed by atoms with Crippen LogP contribution in [0.15, 0.2) is 102 Å². The van der Waals surface area contributed by atoms with Crippen molar-refractivity contribution in [3.05, 3.63) is 103 Å². The van der Waals surface area contributed by atoms with Crippen LogP contribution >= 0.6 is 7.26 Å². The van der Waals surface area contributed by atoms with Crippen LogP contribution in [0.25, 0.3) is 0 Å². The summed E-state index contributed by atoms with van der Waals surface area (Å²) in [6.07, 6.45) is 0. The second kappa shape index (κ2) is 9.59. The first-order valence-corrected chi connectivity index (χ1v) is 13.9. The zero-order chi connectivity index (χ0) is 24.3. The van der Waals surface area contributed by atoms with Gasteiger partial charge in [0.2, 0.25) is 0 Å². The van der Waals surface area contributed by atoms with Crippen molar-refractivity contribution in [2.75, 3.05) is 14.2 Å². The van der Waals surface area contributed by atoms with E-state index in [9.17, 15) is 13.0 Å². The third-order valence-corrected chi connectivity index (χ3v) is 11.2. The lowest BCUT2D eigenvalue weighted by atomic mass is 10.2. The fraction of sp³-hybridized carbons (Fsp3) is 0.111. The Kier molecular flexibility index (Phi) is 6.76. The second-order valence-corrected chi connectivity index (χ2v) is 12.6. The highest BCUT2D eigenvalue weighted by atomic mass is 32.2. The van der Waals surface area contributed by atoms with Gasteiger partial charge in [0.15, 0.2) is 0 Å². The van der Waals surface area contributed by atoms with E-state index < -0.39 is 17.4 Å². The molecule has 0 aromatic heterocycles. The lowest BCUT2D eigenvalue weighted by Crippen LogP contribution is -2.40. The molecule has 0 bridgehead atoms. The van der Waals surface area contributed by atoms with Gasteiger partial charge in [0.1, 0.15) is 44.9 Å². The number of benzene rings is 4. The average molecular weight is 494 g/mol. The minimum Gasteiger partial charge on any atom is -0.497 e. The van der Waals surface area contributed by atoms with Gasteiger partial charge in [-0.05, 0) is 85.3 Å². The van der Waals surface area contributed by atoms with Gasteiger partial charge in [-0.1, -0.05) is 24.3 Å². The van der Waals surface area contributed by atoms with E-state index in [2.05, 4.69) is 0 Å². The molecule has 0 heterocycles. The first kappa shape index (κ1) is 24.0. The number of hydrogen-bond donors (Lipinski definition) is 1. The summed E-state index contributed by atoms with van der Waals surface area (Å²) in [5, 5.41) is 3.37. The summed E-state index contributed by atoms with van der Waals surface area (Å²) in [6, 6.07) is 30.5. The Balaban J connectivity index is 2.20. The SMILES string of the molecule is COc1ccc([P+](c2ccccc2)(c2ccc(OC)cc2)c2ccc(C)cc2S(=O)(=O)O)cc1. The largest absolute Gasteiger partial charge is 0.497 e. The minimum atomic E-state index is -4.51. The molecule has 4 aromatic rings. The molecule has 0 amide bonds. The van der Waals surface area contributed by atoms with E-state index in [1.807, 2.05) is 97.9 Å². The number of hydrogen-bond acceptors (Lipinski definition) is 4. The molecule has 0 aliphatic heterocycles. The van der Waals surface area contributed by atoms with Crippen LogP contribution < -0.4 is 30.7 Å². The Bertz CT molecular complexity index is 1340. The van der Waals surface area contributed by atoms with Crippen LogP contribution in [-0.2, 0) is 10.1 Å². The first-order valence-electron chi connectivity index (χ1n) is 10.6. The maximum Gasteiger partial charge on any atom is 0.298 e. The van der Waals surface area contributed by atoms with E-state index in [-0.39, 0.29) is 4.90 Å². The van der Waals surface area contributed by atoms with Crippen LogP contribution in [0.1, 0.15) is 5.56 Å². The van der Waals surface area contributed by atoms with E-state index in [1.165, 1.54) is 6.07 Å². The highest BCUT2D eigenvalue weighted by molar-refractivity contribution is 8.02. The Morgan fingerprint density at radius 3 is 1.59 bits per heavy atom. The molecule has 0 atom stereocenters. The van der Waals surface area contributed by atoms with Crippen LogP contribution in [0.5, 0.6) is 11.5 Å². The number of rotatable bonds is 7. The van der Waals surface area contributed by atoms with Crippen LogP contribution in [0.3, 0.4) is 0 Å². The van der Waals surface area contributed by atoms with Crippen LogP contribution in [0.2, 0.25) is 0 Å². The van der Waals surface area contributed by atoms with Crippen molar-refractivity contribution in [3.8, 4) is 11.5 Å². The van der Waals surface area contributed by atoms with Crippen molar-refractivity contribution in [2.45, 2.75) is 11.8 Å². The van der Waals surface area contributed by atoms with E-state index >= 15 is 0 Å². The predicted molar refractivity (Wildman–Crippen MR) is 139 cm³/mol. The van der Waals surface area contributed by atoms with Gasteiger partial charge in [0.25, 0.3) is 10.1 Å². The Morgan fingerprint density at radius 1 is 0.676 bits per heavy atom. The Labute approximate surface area is 201 Å². The first-order chi connectivity index (χ1) is 16.3.